The second-order valence-electron chi connectivity index (χ2n) is 5.33. The van der Waals surface area contributed by atoms with Crippen LogP contribution in [0, 0.1) is 0 Å². The van der Waals surface area contributed by atoms with Crippen molar-refractivity contribution in [2.24, 2.45) is 0 Å². The highest BCUT2D eigenvalue weighted by Gasteiger charge is 2.23. The van der Waals surface area contributed by atoms with Crippen molar-refractivity contribution in [2.75, 3.05) is 24.5 Å². The molecule has 106 valence electrons. The molecule has 0 saturated carbocycles. The molecule has 3 rings (SSSR count). The highest BCUT2D eigenvalue weighted by molar-refractivity contribution is 6.31. The molecule has 2 heterocycles. The van der Waals surface area contributed by atoms with E-state index in [1.165, 1.54) is 17.5 Å². The first-order chi connectivity index (χ1) is 9.79. The number of halogens is 1. The van der Waals surface area contributed by atoms with Crippen molar-refractivity contribution >= 4 is 28.2 Å². The summed E-state index contributed by atoms with van der Waals surface area (Å²) in [5, 5.41) is 5.39. The van der Waals surface area contributed by atoms with Gasteiger partial charge >= 0.3 is 0 Å². The summed E-state index contributed by atoms with van der Waals surface area (Å²) in [5.74, 6) is 0. The predicted octanol–water partition coefficient (Wildman–Crippen LogP) is 3.47. The molecule has 1 aliphatic heterocycles. The van der Waals surface area contributed by atoms with E-state index in [4.69, 9.17) is 11.6 Å². The maximum Gasteiger partial charge on any atom is 0.0737 e. The van der Waals surface area contributed by atoms with Gasteiger partial charge in [-0.1, -0.05) is 18.5 Å². The van der Waals surface area contributed by atoms with Gasteiger partial charge in [-0.05, 0) is 43.7 Å². The Hall–Kier alpha value is -1.32. The van der Waals surface area contributed by atoms with Gasteiger partial charge in [0, 0.05) is 41.4 Å². The van der Waals surface area contributed by atoms with Crippen molar-refractivity contribution in [2.45, 2.75) is 25.8 Å². The lowest BCUT2D eigenvalue weighted by atomic mass is 10.1. The van der Waals surface area contributed by atoms with Gasteiger partial charge in [-0.2, -0.15) is 0 Å². The SMILES string of the molecule is CCCN(c1ccnc2cc(Cl)ccc12)C1CCNC1. The topological polar surface area (TPSA) is 28.2 Å². The number of aromatic nitrogens is 1. The summed E-state index contributed by atoms with van der Waals surface area (Å²) in [6, 6.07) is 8.69. The predicted molar refractivity (Wildman–Crippen MR) is 85.7 cm³/mol. The Kier molecular flexibility index (Phi) is 4.08. The molecular formula is C16H20ClN3. The van der Waals surface area contributed by atoms with Crippen LogP contribution in [0.15, 0.2) is 30.5 Å². The Labute approximate surface area is 124 Å². The van der Waals surface area contributed by atoms with Crippen LogP contribution >= 0.6 is 11.6 Å². The number of benzene rings is 1. The van der Waals surface area contributed by atoms with Crippen LogP contribution in [-0.4, -0.2) is 30.7 Å². The number of fused-ring (bicyclic) bond motifs is 1. The van der Waals surface area contributed by atoms with Crippen LogP contribution in [0.2, 0.25) is 5.02 Å². The quantitative estimate of drug-likeness (QED) is 0.934. The number of pyridine rings is 1. The van der Waals surface area contributed by atoms with Gasteiger partial charge in [0.1, 0.15) is 0 Å². The summed E-state index contributed by atoms with van der Waals surface area (Å²) >= 11 is 6.08. The molecule has 1 unspecified atom stereocenters. The molecule has 0 aliphatic carbocycles. The molecule has 1 saturated heterocycles. The number of nitrogens with zero attached hydrogens (tertiary/aromatic N) is 2. The molecule has 1 fully saturated rings. The fourth-order valence-corrected chi connectivity index (χ4v) is 3.17. The lowest BCUT2D eigenvalue weighted by Crippen LogP contribution is -2.37. The Bertz CT molecular complexity index is 593. The Morgan fingerprint density at radius 2 is 2.30 bits per heavy atom. The maximum atomic E-state index is 6.08. The van der Waals surface area contributed by atoms with Gasteiger partial charge in [0.2, 0.25) is 0 Å². The third-order valence-electron chi connectivity index (χ3n) is 3.93. The van der Waals surface area contributed by atoms with Gasteiger partial charge in [-0.25, -0.2) is 0 Å². The standard InChI is InChI=1S/C16H20ClN3/c1-2-9-20(13-5-7-18-11-13)16-6-8-19-15-10-12(17)3-4-14(15)16/h3-4,6,8,10,13,18H,2,5,7,9,11H2,1H3. The average Bonchev–Trinajstić information content (AvgIpc) is 2.98. The molecule has 1 N–H and O–H groups in total. The van der Waals surface area contributed by atoms with Crippen LogP contribution < -0.4 is 10.2 Å². The summed E-state index contributed by atoms with van der Waals surface area (Å²) in [4.78, 5) is 6.97. The number of nitrogens with one attached hydrogen (secondary N) is 1. The molecule has 0 bridgehead atoms. The second-order valence-corrected chi connectivity index (χ2v) is 5.77. The van der Waals surface area contributed by atoms with Crippen LogP contribution in [0.3, 0.4) is 0 Å². The van der Waals surface area contributed by atoms with E-state index >= 15 is 0 Å². The smallest absolute Gasteiger partial charge is 0.0737 e. The van der Waals surface area contributed by atoms with E-state index in [-0.39, 0.29) is 0 Å². The molecule has 1 aromatic carbocycles. The Morgan fingerprint density at radius 1 is 1.40 bits per heavy atom. The zero-order valence-electron chi connectivity index (χ0n) is 11.8. The maximum absolute atomic E-state index is 6.08. The molecule has 1 atom stereocenters. The first-order valence-electron chi connectivity index (χ1n) is 7.31. The van der Waals surface area contributed by atoms with Gasteiger partial charge < -0.3 is 10.2 Å². The summed E-state index contributed by atoms with van der Waals surface area (Å²) in [6.45, 7) is 5.49. The normalized spacial score (nSPS) is 18.6. The molecule has 4 heteroatoms. The zero-order valence-corrected chi connectivity index (χ0v) is 12.5. The van der Waals surface area contributed by atoms with Crippen LogP contribution in [-0.2, 0) is 0 Å². The molecular weight excluding hydrogens is 270 g/mol. The van der Waals surface area contributed by atoms with Gasteiger partial charge in [0.05, 0.1) is 5.52 Å². The largest absolute Gasteiger partial charge is 0.367 e. The minimum Gasteiger partial charge on any atom is -0.367 e. The second kappa shape index (κ2) is 5.98. The van der Waals surface area contributed by atoms with Crippen molar-refractivity contribution < 1.29 is 0 Å². The molecule has 0 spiro atoms. The number of anilines is 1. The van der Waals surface area contributed by atoms with E-state index in [1.807, 2.05) is 18.3 Å². The molecule has 1 aliphatic rings. The lowest BCUT2D eigenvalue weighted by Gasteiger charge is -2.31. The van der Waals surface area contributed by atoms with Crippen molar-refractivity contribution in [1.29, 1.82) is 0 Å². The van der Waals surface area contributed by atoms with Gasteiger partial charge in [-0.15, -0.1) is 0 Å². The fraction of sp³-hybridized carbons (Fsp3) is 0.438. The Morgan fingerprint density at radius 3 is 3.05 bits per heavy atom. The molecule has 0 amide bonds. The third kappa shape index (κ3) is 2.60. The van der Waals surface area contributed by atoms with Crippen LogP contribution in [0.5, 0.6) is 0 Å². The van der Waals surface area contributed by atoms with E-state index < -0.39 is 0 Å². The minimum atomic E-state index is 0.580. The molecule has 1 aromatic heterocycles. The van der Waals surface area contributed by atoms with Crippen molar-refractivity contribution in [3.05, 3.63) is 35.5 Å². The van der Waals surface area contributed by atoms with Gasteiger partial charge in [0.25, 0.3) is 0 Å². The molecule has 20 heavy (non-hydrogen) atoms. The van der Waals surface area contributed by atoms with E-state index in [1.54, 1.807) is 0 Å². The van der Waals surface area contributed by atoms with Crippen LogP contribution in [0.4, 0.5) is 5.69 Å². The van der Waals surface area contributed by atoms with Crippen molar-refractivity contribution in [3.63, 3.8) is 0 Å². The van der Waals surface area contributed by atoms with Crippen molar-refractivity contribution in [3.8, 4) is 0 Å². The van der Waals surface area contributed by atoms with E-state index in [2.05, 4.69) is 34.3 Å². The molecule has 3 nitrogen and oxygen atoms in total. The zero-order chi connectivity index (χ0) is 13.9. The average molecular weight is 290 g/mol. The molecule has 0 radical (unpaired) electrons. The minimum absolute atomic E-state index is 0.580. The van der Waals surface area contributed by atoms with Crippen molar-refractivity contribution in [1.82, 2.24) is 10.3 Å². The number of rotatable bonds is 4. The fourth-order valence-electron chi connectivity index (χ4n) is 3.00. The number of hydrogen-bond acceptors (Lipinski definition) is 3. The van der Waals surface area contributed by atoms with Crippen LogP contribution in [0.1, 0.15) is 19.8 Å². The summed E-state index contributed by atoms with van der Waals surface area (Å²) in [7, 11) is 0. The van der Waals surface area contributed by atoms with Crippen LogP contribution in [0.25, 0.3) is 10.9 Å². The summed E-state index contributed by atoms with van der Waals surface area (Å²) in [5.41, 5.74) is 2.25. The Balaban J connectivity index is 2.05. The first-order valence-corrected chi connectivity index (χ1v) is 7.69. The van der Waals surface area contributed by atoms with Gasteiger partial charge in [-0.3, -0.25) is 4.98 Å². The number of hydrogen-bond donors (Lipinski definition) is 1. The van der Waals surface area contributed by atoms with Gasteiger partial charge in [0.15, 0.2) is 0 Å². The summed E-state index contributed by atoms with van der Waals surface area (Å²) < 4.78 is 0. The van der Waals surface area contributed by atoms with E-state index in [0.29, 0.717) is 6.04 Å². The highest BCUT2D eigenvalue weighted by atomic mass is 35.5. The van der Waals surface area contributed by atoms with E-state index in [9.17, 15) is 0 Å². The lowest BCUT2D eigenvalue weighted by molar-refractivity contribution is 0.627. The monoisotopic (exact) mass is 289 g/mol. The summed E-state index contributed by atoms with van der Waals surface area (Å²) in [6.07, 6.45) is 4.24. The first kappa shape index (κ1) is 13.7. The molecule has 2 aromatic rings. The third-order valence-corrected chi connectivity index (χ3v) is 4.17. The highest BCUT2D eigenvalue weighted by Crippen LogP contribution is 2.30. The van der Waals surface area contributed by atoms with E-state index in [0.717, 1.165) is 36.6 Å².